The van der Waals surface area contributed by atoms with E-state index in [2.05, 4.69) is 11.4 Å². The standard InChI is InChI=1S/C24H27N3O3S/c1-16-4-6-18(7-5-16)27-15-17(13-22(27)28)23(29)25-8-10-26(11-9-25)24(30)20-14-19(20)21-3-2-12-31-21/h2-7,12,17,19-20H,8-11,13-15H2,1H3. The van der Waals surface area contributed by atoms with Crippen molar-refractivity contribution in [1.82, 2.24) is 9.80 Å². The molecular weight excluding hydrogens is 410 g/mol. The topological polar surface area (TPSA) is 60.9 Å². The molecule has 3 amide bonds. The van der Waals surface area contributed by atoms with E-state index >= 15 is 0 Å². The van der Waals surface area contributed by atoms with Crippen molar-refractivity contribution in [3.05, 3.63) is 52.2 Å². The monoisotopic (exact) mass is 437 g/mol. The maximum atomic E-state index is 13.1. The van der Waals surface area contributed by atoms with Crippen LogP contribution in [0.15, 0.2) is 41.8 Å². The number of nitrogens with zero attached hydrogens (tertiary/aromatic N) is 3. The SMILES string of the molecule is Cc1ccc(N2CC(C(=O)N3CCN(C(=O)C4CC4c4cccs4)CC3)CC2=O)cc1. The fraction of sp³-hybridized carbons (Fsp3) is 0.458. The number of anilines is 1. The van der Waals surface area contributed by atoms with Crippen LogP contribution >= 0.6 is 11.3 Å². The van der Waals surface area contributed by atoms with Crippen molar-refractivity contribution in [2.75, 3.05) is 37.6 Å². The summed E-state index contributed by atoms with van der Waals surface area (Å²) >= 11 is 1.72. The zero-order valence-corrected chi connectivity index (χ0v) is 18.5. The number of aryl methyl sites for hydroxylation is 1. The summed E-state index contributed by atoms with van der Waals surface area (Å²) in [4.78, 5) is 45.2. The number of carbonyl (C=O) groups excluding carboxylic acids is 3. The Morgan fingerprint density at radius 3 is 2.29 bits per heavy atom. The van der Waals surface area contributed by atoms with Crippen molar-refractivity contribution in [2.24, 2.45) is 11.8 Å². The lowest BCUT2D eigenvalue weighted by atomic mass is 10.1. The van der Waals surface area contributed by atoms with Gasteiger partial charge >= 0.3 is 0 Å². The van der Waals surface area contributed by atoms with Gasteiger partial charge < -0.3 is 14.7 Å². The molecule has 0 radical (unpaired) electrons. The maximum absolute atomic E-state index is 13.1. The lowest BCUT2D eigenvalue weighted by molar-refractivity contribution is -0.142. The second-order valence-corrected chi connectivity index (χ2v) is 9.83. The van der Waals surface area contributed by atoms with Gasteiger partial charge in [0.2, 0.25) is 17.7 Å². The Labute approximate surface area is 186 Å². The summed E-state index contributed by atoms with van der Waals surface area (Å²) in [5, 5.41) is 2.06. The molecule has 3 unspecified atom stereocenters. The maximum Gasteiger partial charge on any atom is 0.228 e. The van der Waals surface area contributed by atoms with Crippen LogP contribution in [0.1, 0.15) is 29.2 Å². The van der Waals surface area contributed by atoms with E-state index in [1.54, 1.807) is 16.2 Å². The minimum Gasteiger partial charge on any atom is -0.339 e. The Balaban J connectivity index is 1.14. The molecule has 2 aromatic rings. The zero-order valence-electron chi connectivity index (χ0n) is 17.7. The zero-order chi connectivity index (χ0) is 21.5. The third-order valence-electron chi connectivity index (χ3n) is 6.74. The molecule has 3 atom stereocenters. The van der Waals surface area contributed by atoms with Crippen LogP contribution in [0, 0.1) is 18.8 Å². The van der Waals surface area contributed by atoms with Gasteiger partial charge in [0.25, 0.3) is 0 Å². The molecule has 1 saturated carbocycles. The second-order valence-electron chi connectivity index (χ2n) is 8.86. The van der Waals surface area contributed by atoms with E-state index in [1.807, 2.05) is 47.1 Å². The van der Waals surface area contributed by atoms with E-state index in [9.17, 15) is 14.4 Å². The van der Waals surface area contributed by atoms with Gasteiger partial charge in [-0.15, -0.1) is 11.3 Å². The van der Waals surface area contributed by atoms with Gasteiger partial charge in [-0.3, -0.25) is 14.4 Å². The average molecular weight is 438 g/mol. The van der Waals surface area contributed by atoms with Crippen LogP contribution in [0.4, 0.5) is 5.69 Å². The van der Waals surface area contributed by atoms with Gasteiger partial charge in [0, 0.05) is 61.5 Å². The van der Waals surface area contributed by atoms with Crippen molar-refractivity contribution < 1.29 is 14.4 Å². The minimum atomic E-state index is -0.303. The fourth-order valence-corrected chi connectivity index (χ4v) is 5.68. The molecule has 2 aliphatic heterocycles. The molecule has 5 rings (SSSR count). The van der Waals surface area contributed by atoms with E-state index < -0.39 is 0 Å². The lowest BCUT2D eigenvalue weighted by Crippen LogP contribution is -2.52. The van der Waals surface area contributed by atoms with Crippen molar-refractivity contribution in [1.29, 1.82) is 0 Å². The van der Waals surface area contributed by atoms with Crippen LogP contribution in [0.5, 0.6) is 0 Å². The first-order chi connectivity index (χ1) is 15.0. The second kappa shape index (κ2) is 8.11. The van der Waals surface area contributed by atoms with E-state index in [4.69, 9.17) is 0 Å². The van der Waals surface area contributed by atoms with Gasteiger partial charge in [0.05, 0.1) is 5.92 Å². The number of rotatable bonds is 4. The molecule has 7 heteroatoms. The number of piperazine rings is 1. The fourth-order valence-electron chi connectivity index (χ4n) is 4.77. The van der Waals surface area contributed by atoms with Gasteiger partial charge in [-0.1, -0.05) is 23.8 Å². The van der Waals surface area contributed by atoms with Crippen LogP contribution in [0.25, 0.3) is 0 Å². The first kappa shape index (κ1) is 20.2. The first-order valence-electron chi connectivity index (χ1n) is 11.0. The Morgan fingerprint density at radius 2 is 1.65 bits per heavy atom. The molecule has 2 saturated heterocycles. The highest BCUT2D eigenvalue weighted by atomic mass is 32.1. The van der Waals surface area contributed by atoms with Gasteiger partial charge in [-0.05, 0) is 36.9 Å². The summed E-state index contributed by atoms with van der Waals surface area (Å²) in [5.41, 5.74) is 1.99. The average Bonchev–Trinajstić information content (AvgIpc) is 3.20. The Kier molecular flexibility index (Phi) is 5.30. The molecule has 1 aliphatic carbocycles. The Morgan fingerprint density at radius 1 is 0.968 bits per heavy atom. The molecule has 1 aromatic heterocycles. The van der Waals surface area contributed by atoms with Crippen molar-refractivity contribution in [3.8, 4) is 0 Å². The molecule has 0 N–H and O–H groups in total. The Bertz CT molecular complexity index is 980. The molecule has 162 valence electrons. The van der Waals surface area contributed by atoms with Crippen LogP contribution < -0.4 is 4.90 Å². The number of carbonyl (C=O) groups is 3. The normalized spacial score (nSPS) is 25.8. The number of hydrogen-bond donors (Lipinski definition) is 0. The molecule has 0 bridgehead atoms. The highest BCUT2D eigenvalue weighted by molar-refractivity contribution is 7.10. The van der Waals surface area contributed by atoms with Crippen LogP contribution in [-0.2, 0) is 14.4 Å². The first-order valence-corrected chi connectivity index (χ1v) is 11.9. The smallest absolute Gasteiger partial charge is 0.228 e. The van der Waals surface area contributed by atoms with Crippen LogP contribution in [-0.4, -0.2) is 60.2 Å². The van der Waals surface area contributed by atoms with Crippen molar-refractivity contribution in [3.63, 3.8) is 0 Å². The molecule has 31 heavy (non-hydrogen) atoms. The molecular formula is C24H27N3O3S. The molecule has 3 fully saturated rings. The van der Waals surface area contributed by atoms with Crippen LogP contribution in [0.3, 0.4) is 0 Å². The number of amides is 3. The highest BCUT2D eigenvalue weighted by Gasteiger charge is 2.47. The Hall–Kier alpha value is -2.67. The number of thiophene rings is 1. The molecule has 3 aliphatic rings. The lowest BCUT2D eigenvalue weighted by Gasteiger charge is -2.36. The van der Waals surface area contributed by atoms with Gasteiger partial charge in [-0.25, -0.2) is 0 Å². The largest absolute Gasteiger partial charge is 0.339 e. The highest BCUT2D eigenvalue weighted by Crippen LogP contribution is 2.50. The molecule has 6 nitrogen and oxygen atoms in total. The number of benzene rings is 1. The van der Waals surface area contributed by atoms with E-state index in [0.717, 1.165) is 17.7 Å². The molecule has 0 spiro atoms. The van der Waals surface area contributed by atoms with Gasteiger partial charge in [-0.2, -0.15) is 0 Å². The number of hydrogen-bond acceptors (Lipinski definition) is 4. The van der Waals surface area contributed by atoms with E-state index in [1.165, 1.54) is 4.88 Å². The quantitative estimate of drug-likeness (QED) is 0.739. The van der Waals surface area contributed by atoms with Crippen molar-refractivity contribution in [2.45, 2.75) is 25.7 Å². The molecule has 3 heterocycles. The van der Waals surface area contributed by atoms with E-state index in [0.29, 0.717) is 38.6 Å². The van der Waals surface area contributed by atoms with Gasteiger partial charge in [0.15, 0.2) is 0 Å². The summed E-state index contributed by atoms with van der Waals surface area (Å²) in [5.74, 6) is 0.456. The third kappa shape index (κ3) is 3.99. The summed E-state index contributed by atoms with van der Waals surface area (Å²) < 4.78 is 0. The van der Waals surface area contributed by atoms with E-state index in [-0.39, 0.29) is 36.0 Å². The summed E-state index contributed by atoms with van der Waals surface area (Å²) in [6, 6.07) is 12.0. The summed E-state index contributed by atoms with van der Waals surface area (Å²) in [6.45, 7) is 4.72. The molecule has 1 aromatic carbocycles. The minimum absolute atomic E-state index is 0.00405. The van der Waals surface area contributed by atoms with Gasteiger partial charge in [0.1, 0.15) is 0 Å². The predicted octanol–water partition coefficient (Wildman–Crippen LogP) is 2.88. The van der Waals surface area contributed by atoms with Crippen molar-refractivity contribution >= 4 is 34.7 Å². The summed E-state index contributed by atoms with van der Waals surface area (Å²) in [7, 11) is 0. The third-order valence-corrected chi connectivity index (χ3v) is 7.74. The predicted molar refractivity (Wildman–Crippen MR) is 120 cm³/mol. The van der Waals surface area contributed by atoms with Crippen LogP contribution in [0.2, 0.25) is 0 Å². The summed E-state index contributed by atoms with van der Waals surface area (Å²) in [6.07, 6.45) is 1.20.